The number of nitrogens with zero attached hydrogens (tertiary/aromatic N) is 4. The number of anilines is 1. The molecule has 0 bridgehead atoms. The molecule has 1 fully saturated rings. The van der Waals surface area contributed by atoms with E-state index in [1.807, 2.05) is 0 Å². The molecule has 0 amide bonds. The van der Waals surface area contributed by atoms with Gasteiger partial charge in [-0.2, -0.15) is 10.4 Å². The van der Waals surface area contributed by atoms with Crippen LogP contribution in [-0.4, -0.2) is 80.0 Å². The van der Waals surface area contributed by atoms with Gasteiger partial charge in [0.2, 0.25) is 0 Å². The average molecular weight is 808 g/mol. The highest BCUT2D eigenvalue weighted by molar-refractivity contribution is 7.47. The molecular weight excluding hydrogens is 749 g/mol. The van der Waals surface area contributed by atoms with Crippen molar-refractivity contribution in [1.82, 2.24) is 14.6 Å². The summed E-state index contributed by atoms with van der Waals surface area (Å²) in [5, 5.41) is 35.7. The van der Waals surface area contributed by atoms with Crippen molar-refractivity contribution in [3.8, 4) is 6.07 Å². The lowest BCUT2D eigenvalue weighted by molar-refractivity contribution is -0.102. The Kier molecular flexibility index (Phi) is 18.8. The van der Waals surface area contributed by atoms with Crippen LogP contribution in [-0.2, 0) is 34.4 Å². The minimum atomic E-state index is -4.72. The monoisotopic (exact) mass is 807 g/mol. The summed E-state index contributed by atoms with van der Waals surface area (Å²) in [6, 6.07) is 10.2. The molecule has 1 aromatic carbocycles. The third-order valence-electron chi connectivity index (χ3n) is 9.91. The maximum absolute atomic E-state index is 13.1. The van der Waals surface area contributed by atoms with Gasteiger partial charge in [0.05, 0.1) is 43.8 Å². The van der Waals surface area contributed by atoms with E-state index in [9.17, 15) is 24.9 Å². The van der Waals surface area contributed by atoms with Crippen molar-refractivity contribution in [2.45, 2.75) is 140 Å². The standard InChI is InChI=1S/C39H59ClN5O9P/c1-3-4-5-6-7-8-9-10-11-12-13-14-15-16-19-50-25-32(51-24-30-20-29(23-41)21-31(40)22-30)26-52-55(48,49)53-27-39(2)37(47)35(46)36(54-39)33-17-18-34-38(42)43-28-44-45(33)34/h17-18,20-22,28,32,35-37,46-47H,3-16,19,24-27H2,1-2H3,(H,48,49)(H2,42,43,44)/t32-,35-,36-,37-,39+/m0/s1. The minimum Gasteiger partial charge on any atom is -0.387 e. The van der Waals surface area contributed by atoms with E-state index in [2.05, 4.69) is 23.1 Å². The van der Waals surface area contributed by atoms with Gasteiger partial charge in [-0.25, -0.2) is 14.1 Å². The number of halogens is 1. The van der Waals surface area contributed by atoms with Crippen LogP contribution < -0.4 is 5.73 Å². The third kappa shape index (κ3) is 14.3. The molecule has 5 N–H and O–H groups in total. The maximum atomic E-state index is 13.1. The quantitative estimate of drug-likeness (QED) is 0.0433. The Hall–Kier alpha value is -2.67. The van der Waals surface area contributed by atoms with Gasteiger partial charge in [0.1, 0.15) is 41.9 Å². The van der Waals surface area contributed by atoms with Gasteiger partial charge in [-0.05, 0) is 49.2 Å². The zero-order chi connectivity index (χ0) is 39.7. The summed E-state index contributed by atoms with van der Waals surface area (Å²) in [5.41, 5.74) is 6.25. The number of hydrogen-bond acceptors (Lipinski definition) is 12. The van der Waals surface area contributed by atoms with Crippen LogP contribution in [0, 0.1) is 11.3 Å². The molecule has 0 saturated carbocycles. The molecule has 3 heterocycles. The van der Waals surface area contributed by atoms with Crippen molar-refractivity contribution in [2.24, 2.45) is 0 Å². The lowest BCUT2D eigenvalue weighted by atomic mass is 9.97. The summed E-state index contributed by atoms with van der Waals surface area (Å²) in [4.78, 5) is 14.6. The van der Waals surface area contributed by atoms with E-state index in [1.54, 1.807) is 30.3 Å². The topological polar surface area (TPSA) is 204 Å². The van der Waals surface area contributed by atoms with Gasteiger partial charge < -0.3 is 35.1 Å². The van der Waals surface area contributed by atoms with Crippen molar-refractivity contribution in [2.75, 3.05) is 32.2 Å². The predicted molar refractivity (Wildman–Crippen MR) is 209 cm³/mol. The number of aliphatic hydroxyl groups excluding tert-OH is 2. The first-order valence-electron chi connectivity index (χ1n) is 19.6. The van der Waals surface area contributed by atoms with E-state index in [-0.39, 0.29) is 25.6 Å². The van der Waals surface area contributed by atoms with E-state index >= 15 is 0 Å². The van der Waals surface area contributed by atoms with Gasteiger partial charge in [0.25, 0.3) is 0 Å². The van der Waals surface area contributed by atoms with Crippen LogP contribution in [0.4, 0.5) is 5.82 Å². The summed E-state index contributed by atoms with van der Waals surface area (Å²) in [6.07, 6.45) is 14.1. The highest BCUT2D eigenvalue weighted by Crippen LogP contribution is 2.47. The second kappa shape index (κ2) is 22.9. The Morgan fingerprint density at radius 3 is 2.31 bits per heavy atom. The molecule has 3 aromatic rings. The number of phosphoric ester groups is 1. The van der Waals surface area contributed by atoms with E-state index in [0.717, 1.165) is 19.3 Å². The van der Waals surface area contributed by atoms with Crippen LogP contribution in [0.2, 0.25) is 5.02 Å². The molecule has 1 aliphatic heterocycles. The number of benzene rings is 1. The molecule has 1 saturated heterocycles. The summed E-state index contributed by atoms with van der Waals surface area (Å²) < 4.78 is 43.1. The molecule has 1 aliphatic rings. The Labute approximate surface area is 329 Å². The lowest BCUT2D eigenvalue weighted by Gasteiger charge is -2.28. The van der Waals surface area contributed by atoms with Crippen LogP contribution in [0.3, 0.4) is 0 Å². The minimum absolute atomic E-state index is 0.0461. The molecule has 14 nitrogen and oxygen atoms in total. The van der Waals surface area contributed by atoms with E-state index in [0.29, 0.717) is 34.0 Å². The number of phosphoric acid groups is 1. The molecule has 0 aliphatic carbocycles. The highest BCUT2D eigenvalue weighted by Gasteiger charge is 2.53. The van der Waals surface area contributed by atoms with E-state index < -0.39 is 44.4 Å². The van der Waals surface area contributed by atoms with Crippen LogP contribution >= 0.6 is 19.4 Å². The number of aromatic nitrogens is 3. The number of nitrogen functional groups attached to an aromatic ring is 1. The number of fused-ring (bicyclic) bond motifs is 1. The van der Waals surface area contributed by atoms with Crippen molar-refractivity contribution in [3.63, 3.8) is 0 Å². The predicted octanol–water partition coefficient (Wildman–Crippen LogP) is 7.61. The smallest absolute Gasteiger partial charge is 0.387 e. The number of nitriles is 1. The van der Waals surface area contributed by atoms with Crippen molar-refractivity contribution >= 4 is 30.8 Å². The fourth-order valence-corrected chi connectivity index (χ4v) is 7.80. The lowest BCUT2D eigenvalue weighted by Crippen LogP contribution is -2.44. The second-order valence-electron chi connectivity index (χ2n) is 14.6. The van der Waals surface area contributed by atoms with Crippen molar-refractivity contribution < 1.29 is 42.9 Å². The fraction of sp³-hybridized carbons (Fsp3) is 0.667. The second-order valence-corrected chi connectivity index (χ2v) is 16.5. The zero-order valence-corrected chi connectivity index (χ0v) is 33.8. The van der Waals surface area contributed by atoms with Crippen LogP contribution in [0.1, 0.15) is 127 Å². The molecule has 0 radical (unpaired) electrons. The Balaban J connectivity index is 1.22. The zero-order valence-electron chi connectivity index (χ0n) is 32.2. The van der Waals surface area contributed by atoms with Crippen molar-refractivity contribution in [3.05, 3.63) is 58.5 Å². The molecule has 4 rings (SSSR count). The summed E-state index contributed by atoms with van der Waals surface area (Å²) in [7, 11) is -4.72. The SMILES string of the molecule is CCCCCCCCCCCCCCCCOC[C@@H](COP(=O)(O)OC[C@@]1(C)O[C@@H](c2ccc3c(N)ncnn23)[C@H](O)[C@@H]1O)OCc1cc(Cl)cc(C#N)c1. The summed E-state index contributed by atoms with van der Waals surface area (Å²) >= 11 is 6.17. The number of ether oxygens (including phenoxy) is 3. The number of aliphatic hydroxyl groups is 2. The molecular formula is C39H59ClN5O9P. The van der Waals surface area contributed by atoms with Crippen molar-refractivity contribution in [1.29, 1.82) is 5.26 Å². The number of nitrogens with two attached hydrogens (primary N) is 1. The van der Waals surface area contributed by atoms with Gasteiger partial charge in [-0.1, -0.05) is 102 Å². The van der Waals surface area contributed by atoms with Gasteiger partial charge in [0, 0.05) is 11.6 Å². The molecule has 0 spiro atoms. The molecule has 16 heteroatoms. The summed E-state index contributed by atoms with van der Waals surface area (Å²) in [5.74, 6) is 0.223. The number of rotatable bonds is 27. The molecule has 6 atom stereocenters. The molecule has 306 valence electrons. The normalized spacial score (nSPS) is 21.5. The highest BCUT2D eigenvalue weighted by atomic mass is 35.5. The summed E-state index contributed by atoms with van der Waals surface area (Å²) in [6.45, 7) is 3.38. The fourth-order valence-electron chi connectivity index (χ4n) is 6.69. The first-order chi connectivity index (χ1) is 26.5. The average Bonchev–Trinajstić information content (AvgIpc) is 3.70. The Morgan fingerprint density at radius 2 is 1.65 bits per heavy atom. The third-order valence-corrected chi connectivity index (χ3v) is 11.1. The van der Waals surface area contributed by atoms with Gasteiger partial charge in [0.15, 0.2) is 5.82 Å². The van der Waals surface area contributed by atoms with Crippen LogP contribution in [0.25, 0.3) is 5.52 Å². The molecule has 2 aromatic heterocycles. The maximum Gasteiger partial charge on any atom is 0.472 e. The number of hydrogen-bond donors (Lipinski definition) is 4. The first kappa shape index (κ1) is 45.0. The first-order valence-corrected chi connectivity index (χ1v) is 21.5. The largest absolute Gasteiger partial charge is 0.472 e. The van der Waals surface area contributed by atoms with E-state index in [1.165, 1.54) is 88.4 Å². The van der Waals surface area contributed by atoms with Crippen LogP contribution in [0.15, 0.2) is 36.7 Å². The number of unbranched alkanes of at least 4 members (excludes halogenated alkanes) is 13. The van der Waals surface area contributed by atoms with Gasteiger partial charge in [-0.3, -0.25) is 9.05 Å². The van der Waals surface area contributed by atoms with E-state index in [4.69, 9.17) is 40.6 Å². The van der Waals surface area contributed by atoms with Gasteiger partial charge >= 0.3 is 7.82 Å². The van der Waals surface area contributed by atoms with Crippen LogP contribution in [0.5, 0.6) is 0 Å². The van der Waals surface area contributed by atoms with Gasteiger partial charge in [-0.15, -0.1) is 0 Å². The Bertz CT molecular complexity index is 1690. The molecule has 55 heavy (non-hydrogen) atoms. The molecule has 1 unspecified atom stereocenters. The Morgan fingerprint density at radius 1 is 1.00 bits per heavy atom.